The van der Waals surface area contributed by atoms with E-state index in [1.807, 2.05) is 37.3 Å². The Morgan fingerprint density at radius 3 is 2.77 bits per heavy atom. The van der Waals surface area contributed by atoms with Crippen molar-refractivity contribution in [3.05, 3.63) is 53.9 Å². The first kappa shape index (κ1) is 20.8. The minimum absolute atomic E-state index is 0.173. The van der Waals surface area contributed by atoms with E-state index >= 15 is 0 Å². The Kier molecular flexibility index (Phi) is 5.83. The number of likely N-dealkylation sites (tertiary alicyclic amines) is 1. The third-order valence-electron chi connectivity index (χ3n) is 5.37. The number of methoxy groups -OCH3 is 1. The van der Waals surface area contributed by atoms with Gasteiger partial charge in [0, 0.05) is 32.5 Å². The first-order valence-electron chi connectivity index (χ1n) is 9.93. The molecule has 0 bridgehead atoms. The fraction of sp³-hybridized carbons (Fsp3) is 0.333. The second-order valence-electron chi connectivity index (χ2n) is 7.47. The third-order valence-corrected chi connectivity index (χ3v) is 5.37. The van der Waals surface area contributed by atoms with Crippen LogP contribution in [0.2, 0.25) is 0 Å². The van der Waals surface area contributed by atoms with Crippen LogP contribution in [0.5, 0.6) is 0 Å². The van der Waals surface area contributed by atoms with Crippen LogP contribution < -0.4 is 10.6 Å². The zero-order valence-corrected chi connectivity index (χ0v) is 17.2. The molecular weight excluding hydrogens is 400 g/mol. The average Bonchev–Trinajstić information content (AvgIpc) is 3.36. The first-order valence-corrected chi connectivity index (χ1v) is 9.93. The number of nitrogens with one attached hydrogen (secondary N) is 3. The van der Waals surface area contributed by atoms with E-state index in [0.29, 0.717) is 16.7 Å². The Bertz CT molecular complexity index is 1090. The normalized spacial score (nSPS) is 19.4. The van der Waals surface area contributed by atoms with Gasteiger partial charge in [-0.05, 0) is 12.5 Å². The molecule has 3 aromatic rings. The van der Waals surface area contributed by atoms with E-state index in [1.165, 1.54) is 18.2 Å². The number of hydrogen-bond donors (Lipinski definition) is 4. The summed E-state index contributed by atoms with van der Waals surface area (Å²) < 4.78 is 5.19. The number of anilines is 1. The molecule has 1 aliphatic heterocycles. The predicted octanol–water partition coefficient (Wildman–Crippen LogP) is 1.67. The number of nitrogens with zero attached hydrogens (tertiary/aromatic N) is 3. The maximum Gasteiger partial charge on any atom is 0.320 e. The van der Waals surface area contributed by atoms with Crippen molar-refractivity contribution in [3.8, 4) is 0 Å². The van der Waals surface area contributed by atoms with Gasteiger partial charge >= 0.3 is 6.03 Å². The summed E-state index contributed by atoms with van der Waals surface area (Å²) in [6.45, 7) is 2.36. The van der Waals surface area contributed by atoms with Crippen molar-refractivity contribution in [2.75, 3.05) is 25.5 Å². The van der Waals surface area contributed by atoms with Gasteiger partial charge < -0.3 is 20.1 Å². The van der Waals surface area contributed by atoms with Crippen molar-refractivity contribution in [3.63, 3.8) is 0 Å². The molecule has 1 aromatic carbocycles. The zero-order chi connectivity index (χ0) is 22.0. The number of pyridine rings is 1. The standard InChI is InChI=1S/C21H24N6O4/c1-12(13-6-4-3-5-7-13)23-21(30)24-18-8-15-14(9-22-18)19(26-25-15)20(29)27-10-16(28)17(11-27)31-2/h3-9,12,16-17,28H,10-11H2,1-2H3,(H,25,26)(H2,22,23,24,30)/t12-,16+,17+/m1/s1. The highest BCUT2D eigenvalue weighted by atomic mass is 16.5. The minimum atomic E-state index is -0.732. The number of carbonyl (C=O) groups is 2. The number of aromatic nitrogens is 3. The van der Waals surface area contributed by atoms with E-state index in [1.54, 1.807) is 6.07 Å². The lowest BCUT2D eigenvalue weighted by molar-refractivity contribution is 0.0215. The van der Waals surface area contributed by atoms with Gasteiger partial charge in [0.15, 0.2) is 5.69 Å². The Hall–Kier alpha value is -3.50. The molecule has 0 radical (unpaired) electrons. The number of aliphatic hydroxyl groups is 1. The average molecular weight is 424 g/mol. The van der Waals surface area contributed by atoms with Gasteiger partial charge in [-0.15, -0.1) is 0 Å². The fourth-order valence-electron chi connectivity index (χ4n) is 3.62. The van der Waals surface area contributed by atoms with Crippen molar-refractivity contribution in [1.29, 1.82) is 0 Å². The monoisotopic (exact) mass is 424 g/mol. The molecule has 0 saturated carbocycles. The molecular formula is C21H24N6O4. The Labute approximate surface area is 178 Å². The van der Waals surface area contributed by atoms with Gasteiger partial charge in [-0.3, -0.25) is 15.2 Å². The molecule has 3 atom stereocenters. The molecule has 1 saturated heterocycles. The van der Waals surface area contributed by atoms with Crippen molar-refractivity contribution in [2.45, 2.75) is 25.2 Å². The second-order valence-corrected chi connectivity index (χ2v) is 7.47. The van der Waals surface area contributed by atoms with E-state index in [2.05, 4.69) is 25.8 Å². The molecule has 3 amide bonds. The number of aromatic amines is 1. The van der Waals surface area contributed by atoms with E-state index in [-0.39, 0.29) is 30.7 Å². The van der Waals surface area contributed by atoms with Gasteiger partial charge in [0.2, 0.25) is 0 Å². The van der Waals surface area contributed by atoms with Crippen LogP contribution in [0.1, 0.15) is 29.0 Å². The first-order chi connectivity index (χ1) is 15.0. The number of urea groups is 1. The Morgan fingerprint density at radius 1 is 1.29 bits per heavy atom. The lowest BCUT2D eigenvalue weighted by atomic mass is 10.1. The SMILES string of the molecule is CO[C@H]1CN(C(=O)c2n[nH]c3cc(NC(=O)N[C@H](C)c4ccccc4)ncc23)C[C@@H]1O. The number of ether oxygens (including phenoxy) is 1. The predicted molar refractivity (Wildman–Crippen MR) is 114 cm³/mol. The number of H-pyrrole nitrogens is 1. The maximum atomic E-state index is 12.8. The molecule has 3 heterocycles. The largest absolute Gasteiger partial charge is 0.388 e. The number of carbonyl (C=O) groups excluding carboxylic acids is 2. The summed E-state index contributed by atoms with van der Waals surface area (Å²) in [7, 11) is 1.50. The van der Waals surface area contributed by atoms with Gasteiger partial charge in [0.25, 0.3) is 5.91 Å². The lowest BCUT2D eigenvalue weighted by Gasteiger charge is -2.15. The van der Waals surface area contributed by atoms with Crippen LogP contribution in [-0.2, 0) is 4.74 Å². The molecule has 4 rings (SSSR count). The maximum absolute atomic E-state index is 12.8. The van der Waals surface area contributed by atoms with Crippen LogP contribution in [0, 0.1) is 0 Å². The van der Waals surface area contributed by atoms with Crippen molar-refractivity contribution in [2.24, 2.45) is 0 Å². The summed E-state index contributed by atoms with van der Waals surface area (Å²) in [6, 6.07) is 10.7. The van der Waals surface area contributed by atoms with Crippen LogP contribution in [0.25, 0.3) is 10.9 Å². The number of benzene rings is 1. The molecule has 10 nitrogen and oxygen atoms in total. The van der Waals surface area contributed by atoms with Crippen LogP contribution in [0.4, 0.5) is 10.6 Å². The molecule has 31 heavy (non-hydrogen) atoms. The second kappa shape index (κ2) is 8.70. The molecule has 162 valence electrons. The van der Waals surface area contributed by atoms with Gasteiger partial charge in [-0.2, -0.15) is 5.10 Å². The molecule has 2 aromatic heterocycles. The number of amides is 3. The molecule has 0 unspecified atom stereocenters. The summed E-state index contributed by atoms with van der Waals surface area (Å²) in [5.74, 6) is 0.00532. The topological polar surface area (TPSA) is 132 Å². The van der Waals surface area contributed by atoms with Crippen LogP contribution in [0.3, 0.4) is 0 Å². The molecule has 4 N–H and O–H groups in total. The van der Waals surface area contributed by atoms with Gasteiger partial charge in [0.1, 0.15) is 11.9 Å². The summed E-state index contributed by atoms with van der Waals surface area (Å²) >= 11 is 0. The minimum Gasteiger partial charge on any atom is -0.388 e. The summed E-state index contributed by atoms with van der Waals surface area (Å²) in [5, 5.41) is 23.0. The van der Waals surface area contributed by atoms with E-state index in [0.717, 1.165) is 5.56 Å². The molecule has 0 aliphatic carbocycles. The summed E-state index contributed by atoms with van der Waals surface area (Å²) in [4.78, 5) is 30.9. The van der Waals surface area contributed by atoms with Crippen LogP contribution >= 0.6 is 0 Å². The number of β-amino-alcohol motifs (C(OH)–C–C–N with tert-alkyl or cyclic N) is 1. The highest BCUT2D eigenvalue weighted by Crippen LogP contribution is 2.22. The van der Waals surface area contributed by atoms with Crippen molar-refractivity contribution in [1.82, 2.24) is 25.4 Å². The quantitative estimate of drug-likeness (QED) is 0.493. The van der Waals surface area contributed by atoms with Crippen LogP contribution in [0.15, 0.2) is 42.6 Å². The third kappa shape index (κ3) is 4.35. The molecule has 1 fully saturated rings. The van der Waals surface area contributed by atoms with E-state index < -0.39 is 18.2 Å². The molecule has 10 heteroatoms. The van der Waals surface area contributed by atoms with E-state index in [9.17, 15) is 14.7 Å². The van der Waals surface area contributed by atoms with E-state index in [4.69, 9.17) is 4.74 Å². The van der Waals surface area contributed by atoms with Gasteiger partial charge in [0.05, 0.1) is 23.0 Å². The highest BCUT2D eigenvalue weighted by Gasteiger charge is 2.35. The summed E-state index contributed by atoms with van der Waals surface area (Å²) in [5.41, 5.74) is 1.76. The number of aliphatic hydroxyl groups excluding tert-OH is 1. The number of hydrogen-bond acceptors (Lipinski definition) is 6. The van der Waals surface area contributed by atoms with Gasteiger partial charge in [-0.1, -0.05) is 30.3 Å². The summed E-state index contributed by atoms with van der Waals surface area (Å²) in [6.07, 6.45) is 0.340. The highest BCUT2D eigenvalue weighted by molar-refractivity contribution is 6.05. The molecule has 0 spiro atoms. The molecule has 1 aliphatic rings. The smallest absolute Gasteiger partial charge is 0.320 e. The zero-order valence-electron chi connectivity index (χ0n) is 17.2. The van der Waals surface area contributed by atoms with Crippen LogP contribution in [-0.4, -0.2) is 69.5 Å². The number of fused-ring (bicyclic) bond motifs is 1. The lowest BCUT2D eigenvalue weighted by Crippen LogP contribution is -2.31. The van der Waals surface area contributed by atoms with Crippen molar-refractivity contribution < 1.29 is 19.4 Å². The Morgan fingerprint density at radius 2 is 2.06 bits per heavy atom. The van der Waals surface area contributed by atoms with Gasteiger partial charge in [-0.25, -0.2) is 9.78 Å². The fourth-order valence-corrected chi connectivity index (χ4v) is 3.62. The number of rotatable bonds is 5. The van der Waals surface area contributed by atoms with Crippen molar-refractivity contribution >= 4 is 28.7 Å². The Balaban J connectivity index is 1.44.